The van der Waals surface area contributed by atoms with Crippen molar-refractivity contribution in [3.05, 3.63) is 53.8 Å². The van der Waals surface area contributed by atoms with E-state index in [-0.39, 0.29) is 11.2 Å². The highest BCUT2D eigenvalue weighted by Crippen LogP contribution is 2.25. The normalized spacial score (nSPS) is 10.4. The van der Waals surface area contributed by atoms with Crippen LogP contribution in [0.4, 0.5) is 13.2 Å². The van der Waals surface area contributed by atoms with Crippen molar-refractivity contribution in [2.75, 3.05) is 0 Å². The minimum absolute atomic E-state index is 0.0913. The van der Waals surface area contributed by atoms with Crippen LogP contribution in [-0.4, -0.2) is 17.2 Å². The van der Waals surface area contributed by atoms with Gasteiger partial charge in [0, 0.05) is 11.5 Å². The Morgan fingerprint density at radius 1 is 0.947 bits per heavy atom. The van der Waals surface area contributed by atoms with Gasteiger partial charge in [0.05, 0.1) is 0 Å². The largest absolute Gasteiger partial charge is 0.491 e. The predicted molar refractivity (Wildman–Crippen MR) is 62.7 cm³/mol. The van der Waals surface area contributed by atoms with E-state index in [1.165, 1.54) is 18.2 Å². The molecule has 0 aliphatic carbocycles. The molecule has 0 aliphatic heterocycles. The molecule has 0 fully saturated rings. The maximum atomic E-state index is 13.4. The standard InChI is InChI=1S/C12H8BF3O3/c14-9-2-1-3-11(12(9)16)19-7-4-5-8(13(17)18)10(15)6-7/h1-6,17-18H. The van der Waals surface area contributed by atoms with Crippen molar-refractivity contribution in [3.8, 4) is 11.5 Å². The van der Waals surface area contributed by atoms with Crippen molar-refractivity contribution in [2.45, 2.75) is 0 Å². The van der Waals surface area contributed by atoms with E-state index in [2.05, 4.69) is 0 Å². The minimum Gasteiger partial charge on any atom is -0.454 e. The van der Waals surface area contributed by atoms with Crippen molar-refractivity contribution in [1.82, 2.24) is 0 Å². The molecule has 0 amide bonds. The SMILES string of the molecule is OB(O)c1ccc(Oc2cccc(F)c2F)cc1F. The van der Waals surface area contributed by atoms with Crippen molar-refractivity contribution in [2.24, 2.45) is 0 Å². The second kappa shape index (κ2) is 5.33. The van der Waals surface area contributed by atoms with E-state index >= 15 is 0 Å². The number of benzene rings is 2. The smallest absolute Gasteiger partial charge is 0.454 e. The zero-order chi connectivity index (χ0) is 14.0. The van der Waals surface area contributed by atoms with E-state index in [0.29, 0.717) is 0 Å². The highest BCUT2D eigenvalue weighted by Gasteiger charge is 2.17. The molecule has 0 radical (unpaired) electrons. The summed E-state index contributed by atoms with van der Waals surface area (Å²) in [4.78, 5) is 0. The Labute approximate surface area is 107 Å². The van der Waals surface area contributed by atoms with Gasteiger partial charge in [0.1, 0.15) is 11.6 Å². The highest BCUT2D eigenvalue weighted by atomic mass is 19.2. The lowest BCUT2D eigenvalue weighted by molar-refractivity contribution is 0.412. The molecule has 98 valence electrons. The third kappa shape index (κ3) is 2.89. The van der Waals surface area contributed by atoms with Gasteiger partial charge in [-0.15, -0.1) is 0 Å². The van der Waals surface area contributed by atoms with E-state index in [9.17, 15) is 13.2 Å². The molecular weight excluding hydrogens is 260 g/mol. The summed E-state index contributed by atoms with van der Waals surface area (Å²) < 4.78 is 44.7. The first-order valence-corrected chi connectivity index (χ1v) is 5.26. The molecule has 19 heavy (non-hydrogen) atoms. The number of halogens is 3. The van der Waals surface area contributed by atoms with Gasteiger partial charge in [0.2, 0.25) is 5.82 Å². The molecule has 0 saturated heterocycles. The lowest BCUT2D eigenvalue weighted by Gasteiger charge is -2.08. The summed E-state index contributed by atoms with van der Waals surface area (Å²) in [6, 6.07) is 6.49. The van der Waals surface area contributed by atoms with E-state index in [4.69, 9.17) is 14.8 Å². The van der Waals surface area contributed by atoms with Crippen LogP contribution in [0.5, 0.6) is 11.5 Å². The molecule has 0 aliphatic rings. The molecule has 0 unspecified atom stereocenters. The quantitative estimate of drug-likeness (QED) is 0.831. The number of ether oxygens (including phenoxy) is 1. The average Bonchev–Trinajstić information content (AvgIpc) is 2.34. The third-order valence-electron chi connectivity index (χ3n) is 2.39. The summed E-state index contributed by atoms with van der Waals surface area (Å²) in [5, 5.41) is 17.7. The van der Waals surface area contributed by atoms with Crippen LogP contribution in [0.3, 0.4) is 0 Å². The summed E-state index contributed by atoms with van der Waals surface area (Å²) in [6.45, 7) is 0. The summed E-state index contributed by atoms with van der Waals surface area (Å²) in [5.74, 6) is -3.68. The van der Waals surface area contributed by atoms with Crippen LogP contribution in [0.15, 0.2) is 36.4 Å². The van der Waals surface area contributed by atoms with E-state index in [1.807, 2.05) is 0 Å². The van der Waals surface area contributed by atoms with Crippen LogP contribution < -0.4 is 10.2 Å². The van der Waals surface area contributed by atoms with Gasteiger partial charge >= 0.3 is 7.12 Å². The molecule has 0 saturated carbocycles. The van der Waals surface area contributed by atoms with Crippen LogP contribution in [0.25, 0.3) is 0 Å². The molecule has 7 heteroatoms. The Kier molecular flexibility index (Phi) is 3.78. The maximum Gasteiger partial charge on any atom is 0.491 e. The van der Waals surface area contributed by atoms with Crippen LogP contribution in [-0.2, 0) is 0 Å². The lowest BCUT2D eigenvalue weighted by Crippen LogP contribution is -2.32. The predicted octanol–water partition coefficient (Wildman–Crippen LogP) is 1.58. The van der Waals surface area contributed by atoms with E-state index in [1.54, 1.807) is 0 Å². The Balaban J connectivity index is 2.29. The minimum atomic E-state index is -1.96. The van der Waals surface area contributed by atoms with Gasteiger partial charge in [-0.1, -0.05) is 12.1 Å². The molecule has 3 nitrogen and oxygen atoms in total. The van der Waals surface area contributed by atoms with Crippen molar-refractivity contribution >= 4 is 12.6 Å². The second-order valence-electron chi connectivity index (χ2n) is 3.71. The van der Waals surface area contributed by atoms with Crippen LogP contribution >= 0.6 is 0 Å². The molecule has 0 aromatic heterocycles. The molecule has 2 aromatic rings. The monoisotopic (exact) mass is 268 g/mol. The fourth-order valence-corrected chi connectivity index (χ4v) is 1.47. The maximum absolute atomic E-state index is 13.4. The molecule has 0 heterocycles. The number of rotatable bonds is 3. The van der Waals surface area contributed by atoms with Gasteiger partial charge in [-0.05, 0) is 18.2 Å². The van der Waals surface area contributed by atoms with E-state index < -0.39 is 30.3 Å². The first-order valence-electron chi connectivity index (χ1n) is 5.26. The lowest BCUT2D eigenvalue weighted by atomic mass is 9.80. The van der Waals surface area contributed by atoms with Gasteiger partial charge in [-0.3, -0.25) is 0 Å². The van der Waals surface area contributed by atoms with Gasteiger partial charge in [0.15, 0.2) is 11.6 Å². The molecule has 2 rings (SSSR count). The molecule has 2 N–H and O–H groups in total. The summed E-state index contributed by atoms with van der Waals surface area (Å²) >= 11 is 0. The first-order chi connectivity index (χ1) is 8.99. The van der Waals surface area contributed by atoms with E-state index in [0.717, 1.165) is 18.2 Å². The molecule has 0 bridgehead atoms. The van der Waals surface area contributed by atoms with Crippen LogP contribution in [0.1, 0.15) is 0 Å². The Bertz CT molecular complexity index is 605. The Morgan fingerprint density at radius 2 is 1.68 bits per heavy atom. The fraction of sp³-hybridized carbons (Fsp3) is 0. The van der Waals surface area contributed by atoms with Gasteiger partial charge in [-0.25, -0.2) is 8.78 Å². The van der Waals surface area contributed by atoms with Gasteiger partial charge < -0.3 is 14.8 Å². The third-order valence-corrected chi connectivity index (χ3v) is 2.39. The van der Waals surface area contributed by atoms with Gasteiger partial charge in [-0.2, -0.15) is 4.39 Å². The zero-order valence-corrected chi connectivity index (χ0v) is 9.48. The summed E-state index contributed by atoms with van der Waals surface area (Å²) in [6.07, 6.45) is 0. The van der Waals surface area contributed by atoms with Crippen molar-refractivity contribution < 1.29 is 28.0 Å². The van der Waals surface area contributed by atoms with Crippen molar-refractivity contribution in [3.63, 3.8) is 0 Å². The Morgan fingerprint density at radius 3 is 2.32 bits per heavy atom. The van der Waals surface area contributed by atoms with Crippen molar-refractivity contribution in [1.29, 1.82) is 0 Å². The number of hydrogen-bond donors (Lipinski definition) is 2. The zero-order valence-electron chi connectivity index (χ0n) is 9.48. The highest BCUT2D eigenvalue weighted by molar-refractivity contribution is 6.58. The topological polar surface area (TPSA) is 49.7 Å². The van der Waals surface area contributed by atoms with Crippen LogP contribution in [0, 0.1) is 17.5 Å². The molecule has 0 spiro atoms. The molecule has 0 atom stereocenters. The molecule has 2 aromatic carbocycles. The Hall–Kier alpha value is -1.99. The average molecular weight is 268 g/mol. The summed E-state index contributed by atoms with van der Waals surface area (Å²) in [7, 11) is -1.96. The first kappa shape index (κ1) is 13.4. The second-order valence-corrected chi connectivity index (χ2v) is 3.71. The summed E-state index contributed by atoms with van der Waals surface area (Å²) in [5.41, 5.74) is -0.341. The van der Waals surface area contributed by atoms with Gasteiger partial charge in [0.25, 0.3) is 0 Å². The number of hydrogen-bond acceptors (Lipinski definition) is 3. The fourth-order valence-electron chi connectivity index (χ4n) is 1.47. The van der Waals surface area contributed by atoms with Crippen LogP contribution in [0.2, 0.25) is 0 Å². The molecular formula is C12H8BF3O3.